The molecule has 0 aliphatic carbocycles. The first kappa shape index (κ1) is 17.4. The third kappa shape index (κ3) is 5.85. The topological polar surface area (TPSA) is 46.3 Å². The van der Waals surface area contributed by atoms with Gasteiger partial charge < -0.3 is 10.6 Å². The molecule has 0 aliphatic rings. The van der Waals surface area contributed by atoms with Gasteiger partial charge in [-0.2, -0.15) is 0 Å². The molecule has 0 fully saturated rings. The lowest BCUT2D eigenvalue weighted by Crippen LogP contribution is -2.52. The maximum atomic E-state index is 12.2. The van der Waals surface area contributed by atoms with E-state index in [1.165, 1.54) is 0 Å². The van der Waals surface area contributed by atoms with E-state index in [9.17, 15) is 4.79 Å². The van der Waals surface area contributed by atoms with E-state index in [0.29, 0.717) is 6.42 Å². The van der Waals surface area contributed by atoms with E-state index in [2.05, 4.69) is 27.7 Å². The van der Waals surface area contributed by atoms with Gasteiger partial charge in [0.2, 0.25) is 5.91 Å². The molecule has 0 bridgehead atoms. The van der Waals surface area contributed by atoms with Gasteiger partial charge in [0.25, 0.3) is 0 Å². The Bertz CT molecular complexity index is 261. The Kier molecular flexibility index (Phi) is 6.35. The molecule has 0 saturated heterocycles. The molecule has 0 heterocycles. The van der Waals surface area contributed by atoms with Gasteiger partial charge in [0.15, 0.2) is 0 Å². The smallest absolute Gasteiger partial charge is 0.222 e. The van der Waals surface area contributed by atoms with Gasteiger partial charge in [0.05, 0.1) is 0 Å². The quantitative estimate of drug-likeness (QED) is 0.793. The van der Waals surface area contributed by atoms with Crippen LogP contribution in [0.15, 0.2) is 0 Å². The molecule has 0 rings (SSSR count). The largest absolute Gasteiger partial charge is 0.339 e. The van der Waals surface area contributed by atoms with Crippen LogP contribution in [0.1, 0.15) is 67.7 Å². The van der Waals surface area contributed by atoms with Crippen molar-refractivity contribution in [2.75, 3.05) is 6.54 Å². The fraction of sp³-hybridized carbons (Fsp3) is 0.933. The van der Waals surface area contributed by atoms with Crippen LogP contribution in [0.3, 0.4) is 0 Å². The van der Waals surface area contributed by atoms with Crippen molar-refractivity contribution in [3.8, 4) is 0 Å². The average Bonchev–Trinajstić information content (AvgIpc) is 2.14. The van der Waals surface area contributed by atoms with Crippen molar-refractivity contribution in [2.24, 2.45) is 11.1 Å². The summed E-state index contributed by atoms with van der Waals surface area (Å²) in [5.41, 5.74) is 5.96. The summed E-state index contributed by atoms with van der Waals surface area (Å²) in [6.07, 6.45) is 2.36. The van der Waals surface area contributed by atoms with E-state index in [1.54, 1.807) is 0 Å². The maximum Gasteiger partial charge on any atom is 0.222 e. The summed E-state index contributed by atoms with van der Waals surface area (Å²) in [4.78, 5) is 14.2. The Morgan fingerprint density at radius 3 is 1.94 bits per heavy atom. The summed E-state index contributed by atoms with van der Waals surface area (Å²) < 4.78 is 0. The first-order valence-corrected chi connectivity index (χ1v) is 7.11. The molecule has 1 atom stereocenters. The van der Waals surface area contributed by atoms with Gasteiger partial charge in [0, 0.05) is 24.5 Å². The normalized spacial score (nSPS) is 14.4. The second kappa shape index (κ2) is 6.55. The zero-order chi connectivity index (χ0) is 14.6. The maximum absolute atomic E-state index is 12.2. The van der Waals surface area contributed by atoms with Crippen LogP contribution in [-0.4, -0.2) is 28.9 Å². The number of nitrogens with two attached hydrogens (primary N) is 1. The van der Waals surface area contributed by atoms with Gasteiger partial charge in [0.1, 0.15) is 0 Å². The molecular formula is C15H32N2O. The second-order valence-electron chi connectivity index (χ2n) is 7.00. The Labute approximate surface area is 113 Å². The van der Waals surface area contributed by atoms with Crippen molar-refractivity contribution in [1.29, 1.82) is 0 Å². The SMILES string of the molecule is CCCC(=O)N(CC)C(CC(C)(C)N)C(C)(C)C. The first-order chi connectivity index (χ1) is 8.03. The highest BCUT2D eigenvalue weighted by Crippen LogP contribution is 2.30. The van der Waals surface area contributed by atoms with Crippen molar-refractivity contribution in [3.63, 3.8) is 0 Å². The van der Waals surface area contributed by atoms with E-state index in [1.807, 2.05) is 25.7 Å². The number of carbonyl (C=O) groups excluding carboxylic acids is 1. The molecule has 0 radical (unpaired) electrons. The molecule has 1 amide bonds. The average molecular weight is 256 g/mol. The molecular weight excluding hydrogens is 224 g/mol. The molecule has 0 aliphatic heterocycles. The van der Waals surface area contributed by atoms with Crippen LogP contribution in [0.25, 0.3) is 0 Å². The number of nitrogens with zero attached hydrogens (tertiary/aromatic N) is 1. The van der Waals surface area contributed by atoms with Crippen LogP contribution in [0.4, 0.5) is 0 Å². The summed E-state index contributed by atoms with van der Waals surface area (Å²) in [6, 6.07) is 0.196. The van der Waals surface area contributed by atoms with Crippen molar-refractivity contribution in [2.45, 2.75) is 79.3 Å². The molecule has 0 aromatic heterocycles. The lowest BCUT2D eigenvalue weighted by atomic mass is 9.78. The number of hydrogen-bond acceptors (Lipinski definition) is 2. The summed E-state index contributed by atoms with van der Waals surface area (Å²) in [5, 5.41) is 0. The summed E-state index contributed by atoms with van der Waals surface area (Å²) in [7, 11) is 0. The molecule has 0 aromatic rings. The fourth-order valence-corrected chi connectivity index (χ4v) is 2.31. The Morgan fingerprint density at radius 1 is 1.17 bits per heavy atom. The number of carbonyl (C=O) groups is 1. The van der Waals surface area contributed by atoms with Crippen LogP contribution in [0, 0.1) is 5.41 Å². The van der Waals surface area contributed by atoms with Crippen molar-refractivity contribution in [3.05, 3.63) is 0 Å². The third-order valence-electron chi connectivity index (χ3n) is 3.22. The number of rotatable bonds is 6. The standard InChI is InChI=1S/C15H32N2O/c1-8-10-13(18)17(9-2)12(14(3,4)5)11-15(6,7)16/h12H,8-11,16H2,1-7H3. The zero-order valence-electron chi connectivity index (χ0n) is 13.3. The Balaban J connectivity index is 5.09. The highest BCUT2D eigenvalue weighted by Gasteiger charge is 2.35. The molecule has 3 nitrogen and oxygen atoms in total. The molecule has 0 saturated carbocycles. The van der Waals surface area contributed by atoms with Crippen LogP contribution < -0.4 is 5.73 Å². The van der Waals surface area contributed by atoms with Gasteiger partial charge >= 0.3 is 0 Å². The lowest BCUT2D eigenvalue weighted by molar-refractivity contribution is -0.136. The molecule has 3 heteroatoms. The summed E-state index contributed by atoms with van der Waals surface area (Å²) in [6.45, 7) is 15.5. The Morgan fingerprint density at radius 2 is 1.67 bits per heavy atom. The summed E-state index contributed by atoms with van der Waals surface area (Å²) >= 11 is 0. The van der Waals surface area contributed by atoms with Gasteiger partial charge in [-0.25, -0.2) is 0 Å². The van der Waals surface area contributed by atoms with E-state index in [-0.39, 0.29) is 22.9 Å². The van der Waals surface area contributed by atoms with Gasteiger partial charge in [-0.1, -0.05) is 27.7 Å². The van der Waals surface area contributed by atoms with Crippen molar-refractivity contribution < 1.29 is 4.79 Å². The van der Waals surface area contributed by atoms with Gasteiger partial charge in [-0.15, -0.1) is 0 Å². The monoisotopic (exact) mass is 256 g/mol. The molecule has 1 unspecified atom stereocenters. The van der Waals surface area contributed by atoms with Crippen LogP contribution in [-0.2, 0) is 4.79 Å². The fourth-order valence-electron chi connectivity index (χ4n) is 2.31. The zero-order valence-corrected chi connectivity index (χ0v) is 13.3. The molecule has 2 N–H and O–H groups in total. The van der Waals surface area contributed by atoms with Gasteiger partial charge in [-0.3, -0.25) is 4.79 Å². The number of amides is 1. The third-order valence-corrected chi connectivity index (χ3v) is 3.22. The predicted octanol–water partition coefficient (Wildman–Crippen LogP) is 3.18. The molecule has 0 spiro atoms. The highest BCUT2D eigenvalue weighted by atomic mass is 16.2. The molecule has 108 valence electrons. The Hall–Kier alpha value is -0.570. The molecule has 18 heavy (non-hydrogen) atoms. The molecule has 0 aromatic carbocycles. The minimum absolute atomic E-state index is 0.0516. The van der Waals surface area contributed by atoms with Crippen LogP contribution in [0.5, 0.6) is 0 Å². The highest BCUT2D eigenvalue weighted by molar-refractivity contribution is 5.76. The lowest BCUT2D eigenvalue weighted by Gasteiger charge is -2.43. The number of hydrogen-bond donors (Lipinski definition) is 1. The minimum atomic E-state index is -0.252. The van der Waals surface area contributed by atoms with Crippen LogP contribution in [0.2, 0.25) is 0 Å². The minimum Gasteiger partial charge on any atom is -0.339 e. The van der Waals surface area contributed by atoms with E-state index < -0.39 is 0 Å². The van der Waals surface area contributed by atoms with Gasteiger partial charge in [-0.05, 0) is 39.0 Å². The first-order valence-electron chi connectivity index (χ1n) is 7.11. The summed E-state index contributed by atoms with van der Waals surface area (Å²) in [5.74, 6) is 0.254. The predicted molar refractivity (Wildman–Crippen MR) is 78.4 cm³/mol. The van der Waals surface area contributed by atoms with E-state index in [0.717, 1.165) is 19.4 Å². The van der Waals surface area contributed by atoms with Crippen molar-refractivity contribution >= 4 is 5.91 Å². The van der Waals surface area contributed by atoms with Crippen LogP contribution >= 0.6 is 0 Å². The van der Waals surface area contributed by atoms with E-state index >= 15 is 0 Å². The second-order valence-corrected chi connectivity index (χ2v) is 7.00. The van der Waals surface area contributed by atoms with E-state index in [4.69, 9.17) is 5.73 Å². The van der Waals surface area contributed by atoms with Crippen molar-refractivity contribution in [1.82, 2.24) is 4.90 Å².